The minimum atomic E-state index is -3.34. The summed E-state index contributed by atoms with van der Waals surface area (Å²) in [5.74, 6) is 0.775. The van der Waals surface area contributed by atoms with Gasteiger partial charge in [0, 0.05) is 30.2 Å². The Hall–Kier alpha value is -3.33. The number of benzene rings is 2. The standard InChI is InChI=1S/C24H27N5O3S/c1-16-7-8-19-18(11-16)20(26-14-24(2)15-27-23(25)32-24)12-22(28-19)29-9-10-33(30,31)21-6-4-3-5-17(21)13-29/h3-8,11-12H,9-10,13-15H2,1-2H3,(H2,25,27)(H,26,28). The van der Waals surface area contributed by atoms with Gasteiger partial charge in [0.15, 0.2) is 9.84 Å². The van der Waals surface area contributed by atoms with Crippen molar-refractivity contribution in [3.8, 4) is 0 Å². The highest BCUT2D eigenvalue weighted by Gasteiger charge is 2.32. The maximum absolute atomic E-state index is 12.8. The minimum absolute atomic E-state index is 0.0446. The first kappa shape index (κ1) is 21.5. The third-order valence-corrected chi connectivity index (χ3v) is 7.94. The van der Waals surface area contributed by atoms with Crippen molar-refractivity contribution in [2.45, 2.75) is 30.9 Å². The lowest BCUT2D eigenvalue weighted by Crippen LogP contribution is -2.38. The van der Waals surface area contributed by atoms with Crippen LogP contribution in [0.3, 0.4) is 0 Å². The maximum Gasteiger partial charge on any atom is 0.282 e. The lowest BCUT2D eigenvalue weighted by Gasteiger charge is -2.26. The van der Waals surface area contributed by atoms with E-state index in [1.807, 2.05) is 49.1 Å². The topological polar surface area (TPSA) is 110 Å². The quantitative estimate of drug-likeness (QED) is 0.610. The summed E-state index contributed by atoms with van der Waals surface area (Å²) in [6.45, 7) is 5.86. The van der Waals surface area contributed by atoms with Crippen LogP contribution in [0.25, 0.3) is 10.9 Å². The van der Waals surface area contributed by atoms with Crippen LogP contribution in [-0.2, 0) is 21.1 Å². The highest BCUT2D eigenvalue weighted by molar-refractivity contribution is 7.91. The number of ether oxygens (including phenoxy) is 1. The maximum atomic E-state index is 12.8. The van der Waals surface area contributed by atoms with Crippen LogP contribution in [0.4, 0.5) is 11.5 Å². The van der Waals surface area contributed by atoms with Gasteiger partial charge < -0.3 is 20.7 Å². The van der Waals surface area contributed by atoms with Crippen molar-refractivity contribution in [3.63, 3.8) is 0 Å². The molecule has 0 aliphatic carbocycles. The van der Waals surface area contributed by atoms with Crippen molar-refractivity contribution in [2.24, 2.45) is 10.7 Å². The smallest absolute Gasteiger partial charge is 0.282 e. The number of rotatable bonds is 4. The Morgan fingerprint density at radius 3 is 2.82 bits per heavy atom. The molecule has 1 aromatic heterocycles. The van der Waals surface area contributed by atoms with Crippen molar-refractivity contribution in [1.82, 2.24) is 4.98 Å². The molecule has 5 rings (SSSR count). The van der Waals surface area contributed by atoms with E-state index in [-0.39, 0.29) is 11.8 Å². The lowest BCUT2D eigenvalue weighted by atomic mass is 10.1. The number of nitrogens with one attached hydrogen (secondary N) is 1. The summed E-state index contributed by atoms with van der Waals surface area (Å²) in [4.78, 5) is 11.5. The third-order valence-electron chi connectivity index (χ3n) is 6.15. The molecule has 33 heavy (non-hydrogen) atoms. The average molecular weight is 466 g/mol. The molecule has 0 saturated heterocycles. The molecule has 9 heteroatoms. The highest BCUT2D eigenvalue weighted by atomic mass is 32.2. The SMILES string of the molecule is Cc1ccc2nc(N3CCS(=O)(=O)c4ccccc4C3)cc(NCC3(C)CN=C(N)O3)c2c1. The van der Waals surface area contributed by atoms with E-state index in [1.165, 1.54) is 0 Å². The van der Waals surface area contributed by atoms with E-state index in [0.717, 1.165) is 33.5 Å². The van der Waals surface area contributed by atoms with Gasteiger partial charge in [-0.15, -0.1) is 0 Å². The fraction of sp³-hybridized carbons (Fsp3) is 0.333. The second kappa shape index (κ2) is 7.91. The van der Waals surface area contributed by atoms with Gasteiger partial charge in [-0.3, -0.25) is 0 Å². The molecule has 0 spiro atoms. The van der Waals surface area contributed by atoms with Crippen LogP contribution >= 0.6 is 0 Å². The zero-order chi connectivity index (χ0) is 23.2. The average Bonchev–Trinajstić information content (AvgIpc) is 3.06. The Morgan fingerprint density at radius 1 is 1.21 bits per heavy atom. The molecule has 8 nitrogen and oxygen atoms in total. The molecule has 3 N–H and O–H groups in total. The number of nitrogens with two attached hydrogens (primary N) is 1. The molecular formula is C24H27N5O3S. The van der Waals surface area contributed by atoms with Gasteiger partial charge in [0.2, 0.25) is 0 Å². The largest absolute Gasteiger partial charge is 0.455 e. The molecule has 2 aromatic carbocycles. The Bertz CT molecular complexity index is 1370. The van der Waals surface area contributed by atoms with Gasteiger partial charge in [0.25, 0.3) is 6.02 Å². The first-order valence-electron chi connectivity index (χ1n) is 10.9. The number of hydrogen-bond donors (Lipinski definition) is 2. The van der Waals surface area contributed by atoms with Crippen LogP contribution in [0, 0.1) is 6.92 Å². The molecule has 0 bridgehead atoms. The number of aryl methyl sites for hydroxylation is 1. The number of pyridine rings is 1. The fourth-order valence-corrected chi connectivity index (χ4v) is 5.83. The zero-order valence-corrected chi connectivity index (χ0v) is 19.5. The number of anilines is 2. The number of aliphatic imine (C=N–C) groups is 1. The Labute approximate surface area is 193 Å². The normalized spacial score (nSPS) is 21.8. The lowest BCUT2D eigenvalue weighted by molar-refractivity contribution is 0.121. The van der Waals surface area contributed by atoms with Gasteiger partial charge in [-0.25, -0.2) is 18.4 Å². The first-order valence-corrected chi connectivity index (χ1v) is 12.6. The molecule has 172 valence electrons. The van der Waals surface area contributed by atoms with Crippen molar-refractivity contribution < 1.29 is 13.2 Å². The number of nitrogens with zero attached hydrogens (tertiary/aromatic N) is 3. The van der Waals surface area contributed by atoms with Crippen molar-refractivity contribution in [2.75, 3.05) is 35.6 Å². The van der Waals surface area contributed by atoms with Crippen molar-refractivity contribution >= 4 is 38.3 Å². The van der Waals surface area contributed by atoms with Crippen LogP contribution in [0.15, 0.2) is 58.4 Å². The van der Waals surface area contributed by atoms with Crippen molar-refractivity contribution in [1.29, 1.82) is 0 Å². The van der Waals surface area contributed by atoms with E-state index in [0.29, 0.717) is 31.1 Å². The Morgan fingerprint density at radius 2 is 2.03 bits per heavy atom. The van der Waals surface area contributed by atoms with Crippen LogP contribution in [-0.4, -0.2) is 50.4 Å². The van der Waals surface area contributed by atoms with Gasteiger partial charge in [-0.2, -0.15) is 0 Å². The summed E-state index contributed by atoms with van der Waals surface area (Å²) in [5.41, 5.74) is 8.86. The molecule has 3 aromatic rings. The molecule has 0 amide bonds. The van der Waals surface area contributed by atoms with Gasteiger partial charge in [-0.1, -0.05) is 29.8 Å². The number of fused-ring (bicyclic) bond motifs is 2. The van der Waals surface area contributed by atoms with Gasteiger partial charge in [0.1, 0.15) is 11.4 Å². The third kappa shape index (κ3) is 4.20. The Balaban J connectivity index is 1.52. The summed E-state index contributed by atoms with van der Waals surface area (Å²) < 4.78 is 31.3. The van der Waals surface area contributed by atoms with Crippen LogP contribution in [0.5, 0.6) is 0 Å². The summed E-state index contributed by atoms with van der Waals surface area (Å²) >= 11 is 0. The minimum Gasteiger partial charge on any atom is -0.455 e. The van der Waals surface area contributed by atoms with Crippen LogP contribution in [0.1, 0.15) is 18.1 Å². The number of amidine groups is 1. The van der Waals surface area contributed by atoms with E-state index in [9.17, 15) is 8.42 Å². The summed E-state index contributed by atoms with van der Waals surface area (Å²) in [6.07, 6.45) is 0. The molecule has 1 atom stereocenters. The molecule has 2 aliphatic rings. The number of aromatic nitrogens is 1. The van der Waals surface area contributed by atoms with Gasteiger partial charge >= 0.3 is 0 Å². The molecule has 3 heterocycles. The molecule has 0 fully saturated rings. The van der Waals surface area contributed by atoms with E-state index in [4.69, 9.17) is 15.5 Å². The monoisotopic (exact) mass is 465 g/mol. The molecule has 0 saturated carbocycles. The second-order valence-corrected chi connectivity index (χ2v) is 11.0. The molecule has 2 aliphatic heterocycles. The molecule has 1 unspecified atom stereocenters. The summed E-state index contributed by atoms with van der Waals surface area (Å²) in [5, 5.41) is 4.51. The second-order valence-electron chi connectivity index (χ2n) is 8.96. The van der Waals surface area contributed by atoms with E-state index in [2.05, 4.69) is 16.4 Å². The Kier molecular flexibility index (Phi) is 5.16. The fourth-order valence-electron chi connectivity index (χ4n) is 4.33. The van der Waals surface area contributed by atoms with E-state index < -0.39 is 15.4 Å². The van der Waals surface area contributed by atoms with E-state index in [1.54, 1.807) is 12.1 Å². The predicted molar refractivity (Wildman–Crippen MR) is 130 cm³/mol. The molecular weight excluding hydrogens is 438 g/mol. The first-order chi connectivity index (χ1) is 15.7. The van der Waals surface area contributed by atoms with Crippen molar-refractivity contribution in [3.05, 3.63) is 59.7 Å². The number of sulfone groups is 1. The zero-order valence-electron chi connectivity index (χ0n) is 18.7. The highest BCUT2D eigenvalue weighted by Crippen LogP contribution is 2.32. The predicted octanol–water partition coefficient (Wildman–Crippen LogP) is 2.85. The summed E-state index contributed by atoms with van der Waals surface area (Å²) in [7, 11) is -3.34. The van der Waals surface area contributed by atoms with Gasteiger partial charge in [0.05, 0.1) is 29.3 Å². The molecule has 0 radical (unpaired) electrons. The van der Waals surface area contributed by atoms with Crippen LogP contribution in [0.2, 0.25) is 0 Å². The van der Waals surface area contributed by atoms with E-state index >= 15 is 0 Å². The van der Waals surface area contributed by atoms with Gasteiger partial charge in [-0.05, 0) is 37.6 Å². The number of hydrogen-bond acceptors (Lipinski definition) is 8. The summed E-state index contributed by atoms with van der Waals surface area (Å²) in [6, 6.07) is 15.5. The van der Waals surface area contributed by atoms with Crippen LogP contribution < -0.4 is 16.0 Å².